The van der Waals surface area contributed by atoms with E-state index in [0.717, 1.165) is 16.7 Å². The van der Waals surface area contributed by atoms with Gasteiger partial charge in [0.1, 0.15) is 0 Å². The molecule has 0 unspecified atom stereocenters. The van der Waals surface area contributed by atoms with Crippen molar-refractivity contribution in [3.05, 3.63) is 34.4 Å². The fourth-order valence-electron chi connectivity index (χ4n) is 1.99. The number of hydrogen-bond acceptors (Lipinski definition) is 4. The summed E-state index contributed by atoms with van der Waals surface area (Å²) in [5.74, 6) is 3.63. The van der Waals surface area contributed by atoms with Gasteiger partial charge in [0.15, 0.2) is 0 Å². The second-order valence-electron chi connectivity index (χ2n) is 4.00. The van der Waals surface area contributed by atoms with Crippen LogP contribution in [0.1, 0.15) is 40.9 Å². The van der Waals surface area contributed by atoms with E-state index < -0.39 is 11.7 Å². The smallest absolute Gasteiger partial charge is 0.306 e. The fourth-order valence-corrected chi connectivity index (χ4v) is 1.99. The second-order valence-corrected chi connectivity index (χ2v) is 4.00. The predicted molar refractivity (Wildman–Crippen MR) is 69.8 cm³/mol. The number of rotatable bonds is 5. The molecule has 0 aromatic heterocycles. The normalized spacial score (nSPS) is 10.2. The van der Waals surface area contributed by atoms with Crippen LogP contribution < -0.4 is 17.0 Å². The Labute approximate surface area is 107 Å². The van der Waals surface area contributed by atoms with Crippen molar-refractivity contribution in [1.29, 1.82) is 0 Å². The molecule has 1 rings (SSSR count). The molecule has 0 aliphatic carbocycles. The molecule has 5 N–H and O–H groups in total. The van der Waals surface area contributed by atoms with Crippen LogP contribution in [-0.2, 0) is 24.2 Å². The highest BCUT2D eigenvalue weighted by atomic mass is 16.2. The van der Waals surface area contributed by atoms with Crippen LogP contribution in [-0.4, -0.2) is 11.7 Å². The summed E-state index contributed by atoms with van der Waals surface area (Å²) < 4.78 is 0. The van der Waals surface area contributed by atoms with E-state index in [-0.39, 0.29) is 0 Å². The first-order chi connectivity index (χ1) is 8.58. The molecule has 0 saturated carbocycles. The molecule has 0 aliphatic rings. The minimum atomic E-state index is -0.792. The van der Waals surface area contributed by atoms with Gasteiger partial charge in [-0.1, -0.05) is 26.0 Å². The monoisotopic (exact) mass is 249 g/mol. The number of nitrogens with two attached hydrogens (primary N) is 2. The third-order valence-corrected chi connectivity index (χ3v) is 2.92. The zero-order chi connectivity index (χ0) is 13.7. The number of hydrogen-bond donors (Lipinski definition) is 3. The second kappa shape index (κ2) is 6.28. The minimum absolute atomic E-state index is 0.414. The van der Waals surface area contributed by atoms with Gasteiger partial charge in [0.05, 0.1) is 0 Å². The lowest BCUT2D eigenvalue weighted by Gasteiger charge is -2.13. The summed E-state index contributed by atoms with van der Waals surface area (Å²) in [4.78, 5) is 23.4. The molecule has 0 bridgehead atoms. The predicted octanol–water partition coefficient (Wildman–Crippen LogP) is 0.443. The van der Waals surface area contributed by atoms with Crippen molar-refractivity contribution >= 4 is 11.7 Å². The summed E-state index contributed by atoms with van der Waals surface area (Å²) in [6.07, 6.45) is 1.33. The Bertz CT molecular complexity index is 444. The van der Waals surface area contributed by atoms with E-state index >= 15 is 0 Å². The molecule has 5 nitrogen and oxygen atoms in total. The summed E-state index contributed by atoms with van der Waals surface area (Å²) >= 11 is 0. The first-order valence-corrected chi connectivity index (χ1v) is 5.98. The molecule has 1 aromatic rings. The molecule has 98 valence electrons. The van der Waals surface area contributed by atoms with E-state index in [9.17, 15) is 9.59 Å². The Balaban J connectivity index is 3.40. The Morgan fingerprint density at radius 2 is 1.67 bits per heavy atom. The number of carbonyl (C=O) groups is 2. The topological polar surface area (TPSA) is 98.2 Å². The molecule has 1 aromatic carbocycles. The van der Waals surface area contributed by atoms with Gasteiger partial charge in [-0.15, -0.1) is 0 Å². The van der Waals surface area contributed by atoms with Crippen LogP contribution in [0.3, 0.4) is 0 Å². The van der Waals surface area contributed by atoms with Crippen LogP contribution in [0.25, 0.3) is 0 Å². The van der Waals surface area contributed by atoms with Crippen LogP contribution in [0.5, 0.6) is 0 Å². The fraction of sp³-hybridized carbons (Fsp3) is 0.385. The maximum Gasteiger partial charge on any atom is 0.306 e. The summed E-state index contributed by atoms with van der Waals surface area (Å²) in [6, 6.07) is 3.74. The van der Waals surface area contributed by atoms with Crippen molar-refractivity contribution in [1.82, 2.24) is 5.43 Å². The number of nitrogens with one attached hydrogen (secondary N) is 1. The molecule has 0 heterocycles. The quantitative estimate of drug-likeness (QED) is 0.232. The lowest BCUT2D eigenvalue weighted by atomic mass is 9.91. The first kappa shape index (κ1) is 14.3. The standard InChI is InChI=1S/C13H19N3O2/c1-3-9-5-8(7-14)6-10(4-2)11(9)12(17)13(18)16-15/h5-6H,3-4,7,14-15H2,1-2H3,(H,16,18). The number of carbonyl (C=O) groups excluding carboxylic acids is 2. The highest BCUT2D eigenvalue weighted by Crippen LogP contribution is 2.20. The largest absolute Gasteiger partial charge is 0.326 e. The summed E-state index contributed by atoms with van der Waals surface area (Å²) in [5.41, 5.74) is 10.6. The molecular weight excluding hydrogens is 230 g/mol. The SMILES string of the molecule is CCc1cc(CN)cc(CC)c1C(=O)C(=O)NN. The van der Waals surface area contributed by atoms with Crippen LogP contribution >= 0.6 is 0 Å². The minimum Gasteiger partial charge on any atom is -0.326 e. The van der Waals surface area contributed by atoms with Gasteiger partial charge in [0, 0.05) is 12.1 Å². The number of Topliss-reactive ketones (excluding diaryl/α,β-unsaturated/α-hetero) is 1. The van der Waals surface area contributed by atoms with Gasteiger partial charge in [-0.3, -0.25) is 15.0 Å². The lowest BCUT2D eigenvalue weighted by Crippen LogP contribution is -2.37. The van der Waals surface area contributed by atoms with Crippen LogP contribution in [0.2, 0.25) is 0 Å². The zero-order valence-corrected chi connectivity index (χ0v) is 10.7. The molecule has 0 fully saturated rings. The summed E-state index contributed by atoms with van der Waals surface area (Å²) in [5, 5.41) is 0. The van der Waals surface area contributed by atoms with Gasteiger partial charge in [0.2, 0.25) is 0 Å². The van der Waals surface area contributed by atoms with Gasteiger partial charge in [0.25, 0.3) is 5.78 Å². The maximum atomic E-state index is 12.0. The highest BCUT2D eigenvalue weighted by molar-refractivity contribution is 6.43. The van der Waals surface area contributed by atoms with Crippen molar-refractivity contribution in [3.8, 4) is 0 Å². The van der Waals surface area contributed by atoms with E-state index in [1.165, 1.54) is 0 Å². The van der Waals surface area contributed by atoms with Crippen molar-refractivity contribution in [2.75, 3.05) is 0 Å². The van der Waals surface area contributed by atoms with Crippen LogP contribution in [0.15, 0.2) is 12.1 Å². The molecule has 0 saturated heterocycles. The number of amides is 1. The molecule has 0 aliphatic heterocycles. The van der Waals surface area contributed by atoms with E-state index in [0.29, 0.717) is 24.9 Å². The molecule has 1 amide bonds. The highest BCUT2D eigenvalue weighted by Gasteiger charge is 2.21. The molecular formula is C13H19N3O2. The molecule has 0 radical (unpaired) electrons. The van der Waals surface area contributed by atoms with Crippen molar-refractivity contribution in [2.24, 2.45) is 11.6 Å². The van der Waals surface area contributed by atoms with Gasteiger partial charge < -0.3 is 5.73 Å². The van der Waals surface area contributed by atoms with E-state index in [2.05, 4.69) is 0 Å². The van der Waals surface area contributed by atoms with Gasteiger partial charge in [-0.25, -0.2) is 5.84 Å². The van der Waals surface area contributed by atoms with E-state index in [1.807, 2.05) is 31.4 Å². The van der Waals surface area contributed by atoms with Crippen LogP contribution in [0, 0.1) is 0 Å². The van der Waals surface area contributed by atoms with E-state index in [1.54, 1.807) is 0 Å². The Morgan fingerprint density at radius 3 is 2.00 bits per heavy atom. The third kappa shape index (κ3) is 2.75. The van der Waals surface area contributed by atoms with E-state index in [4.69, 9.17) is 11.6 Å². The number of hydrazine groups is 1. The summed E-state index contributed by atoms with van der Waals surface area (Å²) in [7, 11) is 0. The lowest BCUT2D eigenvalue weighted by molar-refractivity contribution is -0.117. The summed E-state index contributed by atoms with van der Waals surface area (Å²) in [6.45, 7) is 4.29. The Morgan fingerprint density at radius 1 is 1.17 bits per heavy atom. The average Bonchev–Trinajstić information content (AvgIpc) is 2.43. The van der Waals surface area contributed by atoms with Crippen LogP contribution in [0.4, 0.5) is 0 Å². The van der Waals surface area contributed by atoms with Crippen molar-refractivity contribution in [2.45, 2.75) is 33.2 Å². The zero-order valence-electron chi connectivity index (χ0n) is 10.7. The molecule has 5 heteroatoms. The van der Waals surface area contributed by atoms with Crippen molar-refractivity contribution in [3.63, 3.8) is 0 Å². The number of ketones is 1. The van der Waals surface area contributed by atoms with Crippen molar-refractivity contribution < 1.29 is 9.59 Å². The van der Waals surface area contributed by atoms with Gasteiger partial charge in [-0.2, -0.15) is 0 Å². The molecule has 18 heavy (non-hydrogen) atoms. The number of benzene rings is 1. The first-order valence-electron chi connectivity index (χ1n) is 5.98. The number of aryl methyl sites for hydroxylation is 2. The Hall–Kier alpha value is -1.72. The Kier molecular flexibility index (Phi) is 5.00. The molecule has 0 spiro atoms. The van der Waals surface area contributed by atoms with Gasteiger partial charge in [-0.05, 0) is 29.5 Å². The third-order valence-electron chi connectivity index (χ3n) is 2.92. The maximum absolute atomic E-state index is 12.0. The van der Waals surface area contributed by atoms with Gasteiger partial charge >= 0.3 is 5.91 Å². The average molecular weight is 249 g/mol. The molecule has 0 atom stereocenters.